The summed E-state index contributed by atoms with van der Waals surface area (Å²) in [6.45, 7) is 0. The molecular formula is C6H9N5O2S. The van der Waals surface area contributed by atoms with Crippen molar-refractivity contribution in [1.29, 1.82) is 0 Å². The lowest BCUT2D eigenvalue weighted by Gasteiger charge is -2.04. The predicted molar refractivity (Wildman–Crippen MR) is 54.4 cm³/mol. The van der Waals surface area contributed by atoms with Crippen molar-refractivity contribution in [3.63, 3.8) is 0 Å². The molecule has 0 aliphatic heterocycles. The highest BCUT2D eigenvalue weighted by Crippen LogP contribution is 2.28. The molecule has 3 N–H and O–H groups in total. The Labute approximate surface area is 84.3 Å². The highest BCUT2D eigenvalue weighted by atomic mass is 32.2. The number of nitrogen functional groups attached to an aromatic ring is 1. The Morgan fingerprint density at radius 1 is 1.57 bits per heavy atom. The highest BCUT2D eigenvalue weighted by molar-refractivity contribution is 7.98. The van der Waals surface area contributed by atoms with Gasteiger partial charge in [-0.25, -0.2) is 0 Å². The van der Waals surface area contributed by atoms with Crippen LogP contribution in [0.3, 0.4) is 0 Å². The molecule has 0 radical (unpaired) electrons. The number of nitrogens with one attached hydrogen (secondary N) is 1. The number of aromatic nitrogens is 2. The first kappa shape index (κ1) is 10.5. The molecule has 0 saturated heterocycles. The molecule has 0 atom stereocenters. The SMILES string of the molecule is CNc1nc(SC)nc(N)c1[N+](=O)[O-]. The van der Waals surface area contributed by atoms with Crippen molar-refractivity contribution in [2.24, 2.45) is 0 Å². The summed E-state index contributed by atoms with van der Waals surface area (Å²) < 4.78 is 0. The zero-order valence-corrected chi connectivity index (χ0v) is 8.46. The zero-order chi connectivity index (χ0) is 10.7. The second-order valence-corrected chi connectivity index (χ2v) is 3.07. The van der Waals surface area contributed by atoms with Gasteiger partial charge in [0.2, 0.25) is 11.6 Å². The van der Waals surface area contributed by atoms with Gasteiger partial charge < -0.3 is 11.1 Å². The minimum absolute atomic E-state index is 0.126. The molecule has 0 aliphatic rings. The monoisotopic (exact) mass is 215 g/mol. The van der Waals surface area contributed by atoms with E-state index in [2.05, 4.69) is 15.3 Å². The van der Waals surface area contributed by atoms with Crippen LogP contribution in [-0.2, 0) is 0 Å². The number of nitro groups is 1. The summed E-state index contributed by atoms with van der Waals surface area (Å²) in [5.74, 6) is 0.00514. The van der Waals surface area contributed by atoms with Crippen LogP contribution in [0.25, 0.3) is 0 Å². The van der Waals surface area contributed by atoms with E-state index in [-0.39, 0.29) is 17.3 Å². The first-order chi connectivity index (χ1) is 6.60. The Bertz CT molecular complexity index is 369. The third-order valence-corrected chi connectivity index (χ3v) is 2.04. The van der Waals surface area contributed by atoms with Gasteiger partial charge in [-0.05, 0) is 6.26 Å². The molecule has 0 spiro atoms. The highest BCUT2D eigenvalue weighted by Gasteiger charge is 2.21. The number of rotatable bonds is 3. The van der Waals surface area contributed by atoms with E-state index < -0.39 is 4.92 Å². The Morgan fingerprint density at radius 3 is 2.64 bits per heavy atom. The number of nitrogens with two attached hydrogens (primary N) is 1. The van der Waals surface area contributed by atoms with Crippen molar-refractivity contribution in [3.05, 3.63) is 10.1 Å². The molecule has 0 amide bonds. The van der Waals surface area contributed by atoms with Gasteiger partial charge >= 0.3 is 5.69 Å². The average Bonchev–Trinajstić information content (AvgIpc) is 2.15. The Balaban J connectivity index is 3.34. The number of thioether (sulfide) groups is 1. The molecule has 0 unspecified atom stereocenters. The van der Waals surface area contributed by atoms with Gasteiger partial charge in [-0.2, -0.15) is 9.97 Å². The Morgan fingerprint density at radius 2 is 2.21 bits per heavy atom. The predicted octanol–water partition coefficient (Wildman–Crippen LogP) is 0.731. The average molecular weight is 215 g/mol. The molecule has 8 heteroatoms. The van der Waals surface area contributed by atoms with Crippen LogP contribution in [0, 0.1) is 10.1 Å². The van der Waals surface area contributed by atoms with Crippen molar-refractivity contribution < 1.29 is 4.92 Å². The van der Waals surface area contributed by atoms with Gasteiger partial charge in [0.1, 0.15) is 0 Å². The van der Waals surface area contributed by atoms with Crippen LogP contribution >= 0.6 is 11.8 Å². The molecule has 0 saturated carbocycles. The lowest BCUT2D eigenvalue weighted by molar-refractivity contribution is -0.383. The van der Waals surface area contributed by atoms with Crippen molar-refractivity contribution >= 4 is 29.1 Å². The maximum absolute atomic E-state index is 10.6. The fourth-order valence-corrected chi connectivity index (χ4v) is 1.27. The van der Waals surface area contributed by atoms with E-state index in [1.165, 1.54) is 11.8 Å². The molecule has 1 heterocycles. The van der Waals surface area contributed by atoms with Gasteiger partial charge in [0, 0.05) is 7.05 Å². The van der Waals surface area contributed by atoms with Crippen LogP contribution < -0.4 is 11.1 Å². The summed E-state index contributed by atoms with van der Waals surface area (Å²) in [5, 5.41) is 13.6. The van der Waals surface area contributed by atoms with E-state index in [4.69, 9.17) is 5.73 Å². The molecule has 0 fully saturated rings. The first-order valence-corrected chi connectivity index (χ1v) is 4.86. The Kier molecular flexibility index (Phi) is 3.07. The quantitative estimate of drug-likeness (QED) is 0.331. The zero-order valence-electron chi connectivity index (χ0n) is 7.64. The molecule has 0 aliphatic carbocycles. The second-order valence-electron chi connectivity index (χ2n) is 2.30. The van der Waals surface area contributed by atoms with E-state index in [0.29, 0.717) is 5.16 Å². The molecule has 0 bridgehead atoms. The van der Waals surface area contributed by atoms with E-state index in [1.807, 2.05) is 0 Å². The van der Waals surface area contributed by atoms with E-state index >= 15 is 0 Å². The normalized spacial score (nSPS) is 9.86. The van der Waals surface area contributed by atoms with Crippen LogP contribution in [0.5, 0.6) is 0 Å². The number of hydrogen-bond acceptors (Lipinski definition) is 7. The summed E-state index contributed by atoms with van der Waals surface area (Å²) >= 11 is 1.27. The molecule has 7 nitrogen and oxygen atoms in total. The molecule has 1 aromatic heterocycles. The number of hydrogen-bond donors (Lipinski definition) is 2. The smallest absolute Gasteiger partial charge is 0.353 e. The summed E-state index contributed by atoms with van der Waals surface area (Å²) in [5.41, 5.74) is 5.14. The Hall–Kier alpha value is -1.57. The van der Waals surface area contributed by atoms with Gasteiger partial charge in [-0.1, -0.05) is 11.8 Å². The van der Waals surface area contributed by atoms with Crippen LogP contribution in [0.4, 0.5) is 17.3 Å². The lowest BCUT2D eigenvalue weighted by Crippen LogP contribution is -2.06. The molecule has 14 heavy (non-hydrogen) atoms. The third-order valence-electron chi connectivity index (χ3n) is 1.49. The molecular weight excluding hydrogens is 206 g/mol. The maximum Gasteiger partial charge on any atom is 0.353 e. The van der Waals surface area contributed by atoms with Crippen molar-refractivity contribution in [1.82, 2.24) is 9.97 Å². The summed E-state index contributed by atoms with van der Waals surface area (Å²) in [6, 6.07) is 0. The van der Waals surface area contributed by atoms with Crippen molar-refractivity contribution in [3.8, 4) is 0 Å². The van der Waals surface area contributed by atoms with E-state index in [9.17, 15) is 10.1 Å². The van der Waals surface area contributed by atoms with Gasteiger partial charge in [0.05, 0.1) is 4.92 Å². The minimum Gasteiger partial charge on any atom is -0.378 e. The van der Waals surface area contributed by atoms with Gasteiger partial charge in [0.25, 0.3) is 0 Å². The van der Waals surface area contributed by atoms with Gasteiger partial charge in [0.15, 0.2) is 5.16 Å². The maximum atomic E-state index is 10.6. The van der Waals surface area contributed by atoms with E-state index in [0.717, 1.165) is 0 Å². The minimum atomic E-state index is -0.606. The lowest BCUT2D eigenvalue weighted by atomic mass is 10.4. The standard InChI is InChI=1S/C6H9N5O2S/c1-8-5-3(11(12)13)4(7)9-6(10-5)14-2/h1-2H3,(H3,7,8,9,10). The molecule has 1 aromatic rings. The van der Waals surface area contributed by atoms with Gasteiger partial charge in [-0.15, -0.1) is 0 Å². The number of anilines is 2. The molecule has 76 valence electrons. The summed E-state index contributed by atoms with van der Waals surface area (Å²) in [6.07, 6.45) is 1.76. The van der Waals surface area contributed by atoms with E-state index in [1.54, 1.807) is 13.3 Å². The largest absolute Gasteiger partial charge is 0.378 e. The summed E-state index contributed by atoms with van der Waals surface area (Å²) in [4.78, 5) is 17.7. The van der Waals surface area contributed by atoms with Crippen molar-refractivity contribution in [2.75, 3.05) is 24.4 Å². The van der Waals surface area contributed by atoms with Crippen LogP contribution in [-0.4, -0.2) is 28.2 Å². The fraction of sp³-hybridized carbons (Fsp3) is 0.333. The molecule has 0 aromatic carbocycles. The fourth-order valence-electron chi connectivity index (χ4n) is 0.896. The number of nitrogens with zero attached hydrogens (tertiary/aromatic N) is 3. The molecule has 1 rings (SSSR count). The third kappa shape index (κ3) is 1.84. The topological polar surface area (TPSA) is 107 Å². The van der Waals surface area contributed by atoms with Crippen LogP contribution in [0.2, 0.25) is 0 Å². The van der Waals surface area contributed by atoms with Gasteiger partial charge in [-0.3, -0.25) is 10.1 Å². The van der Waals surface area contributed by atoms with Crippen LogP contribution in [0.15, 0.2) is 5.16 Å². The summed E-state index contributed by atoms with van der Waals surface area (Å²) in [7, 11) is 1.54. The first-order valence-electron chi connectivity index (χ1n) is 3.63. The van der Waals surface area contributed by atoms with Crippen LogP contribution in [0.1, 0.15) is 0 Å². The van der Waals surface area contributed by atoms with Crippen molar-refractivity contribution in [2.45, 2.75) is 5.16 Å². The second kappa shape index (κ2) is 4.09.